The highest BCUT2D eigenvalue weighted by atomic mass is 32.2. The highest BCUT2D eigenvalue weighted by Gasteiger charge is 2.16. The minimum atomic E-state index is -3.73. The Morgan fingerprint density at radius 1 is 0.944 bits per heavy atom. The van der Waals surface area contributed by atoms with Crippen molar-refractivity contribution in [3.05, 3.63) is 79.0 Å². The number of hydrogen-bond donors (Lipinski definition) is 2. The van der Waals surface area contributed by atoms with Gasteiger partial charge in [0, 0.05) is 61.1 Å². The van der Waals surface area contributed by atoms with Gasteiger partial charge in [0.2, 0.25) is 0 Å². The third-order valence-electron chi connectivity index (χ3n) is 6.63. The monoisotopic (exact) mass is 504 g/mol. The van der Waals surface area contributed by atoms with E-state index in [0.29, 0.717) is 18.0 Å². The number of sulfonamides is 1. The molecule has 5 rings (SSSR count). The molecule has 1 aliphatic heterocycles. The summed E-state index contributed by atoms with van der Waals surface area (Å²) >= 11 is 0. The van der Waals surface area contributed by atoms with Crippen molar-refractivity contribution in [2.75, 3.05) is 51.1 Å². The molecule has 7 nitrogen and oxygen atoms in total. The Morgan fingerprint density at radius 2 is 1.72 bits per heavy atom. The number of rotatable bonds is 9. The zero-order valence-electron chi connectivity index (χ0n) is 20.5. The van der Waals surface area contributed by atoms with Gasteiger partial charge in [-0.2, -0.15) is 0 Å². The second kappa shape index (κ2) is 10.7. The number of fused-ring (bicyclic) bond motifs is 1. The van der Waals surface area contributed by atoms with E-state index in [2.05, 4.69) is 26.6 Å². The van der Waals surface area contributed by atoms with Crippen LogP contribution in [-0.2, 0) is 10.0 Å². The number of ether oxygens (including phenoxy) is 1. The average molecular weight is 505 g/mol. The Morgan fingerprint density at radius 3 is 2.53 bits per heavy atom. The lowest BCUT2D eigenvalue weighted by atomic mass is 10.0. The molecule has 0 spiro atoms. The Kier molecular flexibility index (Phi) is 7.27. The topological polar surface area (TPSA) is 77.7 Å². The summed E-state index contributed by atoms with van der Waals surface area (Å²) in [6.07, 6.45) is 2.89. The van der Waals surface area contributed by atoms with E-state index >= 15 is 0 Å². The Labute approximate surface area is 212 Å². The van der Waals surface area contributed by atoms with Gasteiger partial charge < -0.3 is 19.5 Å². The summed E-state index contributed by atoms with van der Waals surface area (Å²) in [4.78, 5) is 8.27. The van der Waals surface area contributed by atoms with Crippen LogP contribution in [0, 0.1) is 0 Å². The Bertz CT molecular complexity index is 1410. The highest BCUT2D eigenvalue weighted by molar-refractivity contribution is 7.92. The maximum atomic E-state index is 13.0. The van der Waals surface area contributed by atoms with Crippen LogP contribution in [0.1, 0.15) is 6.42 Å². The number of anilines is 1. The number of para-hydroxylation sites is 1. The molecular weight excluding hydrogens is 472 g/mol. The number of nitrogens with one attached hydrogen (secondary N) is 2. The van der Waals surface area contributed by atoms with Crippen LogP contribution in [-0.4, -0.2) is 69.6 Å². The third-order valence-corrected chi connectivity index (χ3v) is 8.03. The predicted molar refractivity (Wildman–Crippen MR) is 145 cm³/mol. The van der Waals surface area contributed by atoms with Gasteiger partial charge in [-0.3, -0.25) is 4.72 Å². The zero-order valence-corrected chi connectivity index (χ0v) is 21.3. The van der Waals surface area contributed by atoms with Crippen molar-refractivity contribution in [3.63, 3.8) is 0 Å². The highest BCUT2D eigenvalue weighted by Crippen LogP contribution is 2.30. The number of benzene rings is 3. The number of aromatic amines is 1. The van der Waals surface area contributed by atoms with Gasteiger partial charge >= 0.3 is 0 Å². The van der Waals surface area contributed by atoms with Crippen molar-refractivity contribution in [3.8, 4) is 16.9 Å². The first-order valence-corrected chi connectivity index (χ1v) is 13.8. The van der Waals surface area contributed by atoms with E-state index in [4.69, 9.17) is 4.74 Å². The van der Waals surface area contributed by atoms with Gasteiger partial charge in [0.05, 0.1) is 11.5 Å². The molecule has 1 aliphatic rings. The van der Waals surface area contributed by atoms with Crippen molar-refractivity contribution in [2.24, 2.45) is 0 Å². The van der Waals surface area contributed by atoms with Crippen LogP contribution >= 0.6 is 0 Å². The first-order chi connectivity index (χ1) is 17.5. The lowest BCUT2D eigenvalue weighted by molar-refractivity contribution is 0.145. The normalized spacial score (nSPS) is 15.2. The number of piperazine rings is 1. The summed E-state index contributed by atoms with van der Waals surface area (Å²) in [5.41, 5.74) is 3.52. The van der Waals surface area contributed by atoms with Crippen LogP contribution in [0.2, 0.25) is 0 Å². The minimum Gasteiger partial charge on any atom is -0.494 e. The van der Waals surface area contributed by atoms with E-state index in [9.17, 15) is 8.42 Å². The van der Waals surface area contributed by atoms with E-state index < -0.39 is 10.0 Å². The maximum absolute atomic E-state index is 13.0. The lowest BCUT2D eigenvalue weighted by Gasteiger charge is -2.32. The molecule has 1 saturated heterocycles. The molecule has 4 aromatic rings. The van der Waals surface area contributed by atoms with Gasteiger partial charge in [-0.1, -0.05) is 30.3 Å². The fourth-order valence-electron chi connectivity index (χ4n) is 4.54. The van der Waals surface area contributed by atoms with Gasteiger partial charge in [-0.15, -0.1) is 0 Å². The molecule has 36 heavy (non-hydrogen) atoms. The summed E-state index contributed by atoms with van der Waals surface area (Å²) in [5, 5.41) is 1.09. The largest absolute Gasteiger partial charge is 0.494 e. The smallest absolute Gasteiger partial charge is 0.261 e. The van der Waals surface area contributed by atoms with E-state index in [1.807, 2.05) is 48.7 Å². The molecule has 188 valence electrons. The van der Waals surface area contributed by atoms with Crippen LogP contribution in [0.3, 0.4) is 0 Å². The quantitative estimate of drug-likeness (QED) is 0.325. The zero-order chi connectivity index (χ0) is 25.0. The molecule has 1 aromatic heterocycles. The maximum Gasteiger partial charge on any atom is 0.261 e. The van der Waals surface area contributed by atoms with E-state index in [1.54, 1.807) is 30.3 Å². The van der Waals surface area contributed by atoms with Crippen molar-refractivity contribution in [1.29, 1.82) is 0 Å². The molecule has 8 heteroatoms. The molecule has 0 unspecified atom stereocenters. The van der Waals surface area contributed by atoms with Gasteiger partial charge in [0.25, 0.3) is 10.0 Å². The molecule has 2 heterocycles. The lowest BCUT2D eigenvalue weighted by Crippen LogP contribution is -2.44. The summed E-state index contributed by atoms with van der Waals surface area (Å²) < 4.78 is 34.6. The number of hydrogen-bond acceptors (Lipinski definition) is 5. The third kappa shape index (κ3) is 5.73. The number of likely N-dealkylation sites (N-methyl/N-ethyl adjacent to an activating group) is 1. The summed E-state index contributed by atoms with van der Waals surface area (Å²) in [6.45, 7) is 6.04. The van der Waals surface area contributed by atoms with E-state index in [-0.39, 0.29) is 4.90 Å². The molecule has 0 bridgehead atoms. The van der Waals surface area contributed by atoms with Crippen LogP contribution in [0.25, 0.3) is 22.0 Å². The van der Waals surface area contributed by atoms with Crippen LogP contribution in [0.4, 0.5) is 5.69 Å². The molecule has 0 aliphatic carbocycles. The fraction of sp³-hybridized carbons (Fsp3) is 0.286. The van der Waals surface area contributed by atoms with Crippen molar-refractivity contribution in [2.45, 2.75) is 11.3 Å². The first kappa shape index (κ1) is 24.4. The Balaban J connectivity index is 1.19. The molecule has 0 radical (unpaired) electrons. The van der Waals surface area contributed by atoms with E-state index in [0.717, 1.165) is 61.2 Å². The molecule has 3 aromatic carbocycles. The van der Waals surface area contributed by atoms with Crippen LogP contribution in [0.15, 0.2) is 83.9 Å². The molecule has 0 amide bonds. The van der Waals surface area contributed by atoms with Crippen LogP contribution < -0.4 is 9.46 Å². The molecular formula is C28H32N4O3S. The minimum absolute atomic E-state index is 0.199. The first-order valence-electron chi connectivity index (χ1n) is 12.3. The molecule has 2 N–H and O–H groups in total. The Hall–Kier alpha value is -3.33. The predicted octanol–water partition coefficient (Wildman–Crippen LogP) is 4.65. The van der Waals surface area contributed by atoms with Crippen molar-refractivity contribution >= 4 is 26.6 Å². The van der Waals surface area contributed by atoms with Crippen LogP contribution in [0.5, 0.6) is 5.75 Å². The van der Waals surface area contributed by atoms with Crippen molar-refractivity contribution < 1.29 is 13.2 Å². The van der Waals surface area contributed by atoms with Gasteiger partial charge in [0.15, 0.2) is 0 Å². The average Bonchev–Trinajstić information content (AvgIpc) is 3.32. The van der Waals surface area contributed by atoms with Crippen molar-refractivity contribution in [1.82, 2.24) is 14.8 Å². The molecule has 1 fully saturated rings. The summed E-state index contributed by atoms with van der Waals surface area (Å²) in [7, 11) is -1.57. The second-order valence-electron chi connectivity index (χ2n) is 9.25. The number of aromatic nitrogens is 1. The second-order valence-corrected chi connectivity index (χ2v) is 10.9. The standard InChI is InChI=1S/C28H32N4O3S/c1-31-15-17-32(18-16-31)14-5-19-35-24-10-12-25(13-11-24)36(33,34)30-23-7-4-6-22(20-23)27-21-29-28-9-3-2-8-26(27)28/h2-4,6-13,20-21,29-30H,5,14-19H2,1H3. The van der Waals surface area contributed by atoms with Gasteiger partial charge in [-0.25, -0.2) is 8.42 Å². The summed E-state index contributed by atoms with van der Waals surface area (Å²) in [5.74, 6) is 0.675. The number of nitrogens with zero attached hydrogens (tertiary/aromatic N) is 2. The molecule has 0 saturated carbocycles. The fourth-order valence-corrected chi connectivity index (χ4v) is 5.59. The molecule has 0 atom stereocenters. The van der Waals surface area contributed by atoms with E-state index in [1.165, 1.54) is 0 Å². The van der Waals surface area contributed by atoms with Gasteiger partial charge in [0.1, 0.15) is 5.75 Å². The number of H-pyrrole nitrogens is 1. The SMILES string of the molecule is CN1CCN(CCCOc2ccc(S(=O)(=O)Nc3cccc(-c4c[nH]c5ccccc45)c3)cc2)CC1. The summed E-state index contributed by atoms with van der Waals surface area (Å²) in [6, 6.07) is 22.1. The van der Waals surface area contributed by atoms with Gasteiger partial charge in [-0.05, 0) is 61.5 Å².